The lowest BCUT2D eigenvalue weighted by Gasteiger charge is -2.14. The van der Waals surface area contributed by atoms with Crippen LogP contribution in [0.1, 0.15) is 31.6 Å². The first-order valence-electron chi connectivity index (χ1n) is 7.68. The Morgan fingerprint density at radius 2 is 2.04 bits per heavy atom. The molecule has 0 fully saturated rings. The molecule has 5 nitrogen and oxygen atoms in total. The number of anilines is 1. The summed E-state index contributed by atoms with van der Waals surface area (Å²) in [6.07, 6.45) is 1.22. The molecule has 0 spiro atoms. The molecule has 2 aromatic rings. The number of hydrogen-bond donors (Lipinski definition) is 1. The number of carbonyl (C=O) groups is 1. The number of nitrogens with two attached hydrogens (primary N) is 1. The molecule has 0 aliphatic carbocycles. The van der Waals surface area contributed by atoms with Crippen molar-refractivity contribution in [2.75, 3.05) is 12.3 Å². The molecular weight excluding hydrogens is 312 g/mol. The van der Waals surface area contributed by atoms with E-state index in [2.05, 4.69) is 4.98 Å². The van der Waals surface area contributed by atoms with Crippen LogP contribution in [0.2, 0.25) is 0 Å². The molecule has 0 amide bonds. The van der Waals surface area contributed by atoms with Crippen molar-refractivity contribution in [3.63, 3.8) is 0 Å². The van der Waals surface area contributed by atoms with Gasteiger partial charge in [-0.3, -0.25) is 0 Å². The van der Waals surface area contributed by atoms with E-state index in [0.717, 1.165) is 29.0 Å². The molecule has 1 aromatic carbocycles. The summed E-state index contributed by atoms with van der Waals surface area (Å²) in [4.78, 5) is 17.2. The summed E-state index contributed by atoms with van der Waals surface area (Å²) in [5.41, 5.74) is 7.58. The second-order valence-electron chi connectivity index (χ2n) is 5.26. The Bertz CT molecular complexity index is 652. The smallest absolute Gasteiger partial charge is 0.347 e. The number of esters is 1. The number of unbranched alkanes of at least 4 members (excludes halogenated alkanes) is 1. The van der Waals surface area contributed by atoms with Gasteiger partial charge in [0.25, 0.3) is 0 Å². The molecule has 0 saturated carbocycles. The number of nitrogens with zero attached hydrogens (tertiary/aromatic N) is 1. The topological polar surface area (TPSA) is 74.4 Å². The molecule has 0 saturated heterocycles. The zero-order valence-electron chi connectivity index (χ0n) is 13.7. The molecule has 0 aliphatic heterocycles. The van der Waals surface area contributed by atoms with E-state index in [-0.39, 0.29) is 5.97 Å². The van der Waals surface area contributed by atoms with Gasteiger partial charge in [-0.25, -0.2) is 9.78 Å². The number of aromatic nitrogens is 1. The maximum Gasteiger partial charge on any atom is 0.347 e. The van der Waals surface area contributed by atoms with Crippen molar-refractivity contribution in [3.8, 4) is 17.0 Å². The zero-order chi connectivity index (χ0) is 16.8. The summed E-state index contributed by atoms with van der Waals surface area (Å²) < 4.78 is 10.8. The summed E-state index contributed by atoms with van der Waals surface area (Å²) in [5.74, 6) is 0.278. The van der Waals surface area contributed by atoms with Crippen LogP contribution in [-0.4, -0.2) is 23.7 Å². The average molecular weight is 334 g/mol. The minimum atomic E-state index is -0.630. The van der Waals surface area contributed by atoms with Crippen LogP contribution in [0.25, 0.3) is 11.3 Å². The standard InChI is InChI=1S/C17H22N2O3S/c1-4-5-10-21-16(20)11(2)22-14-8-6-13(7-9-14)15-12(3)23-17(18)19-15/h6-9,11H,4-5,10H2,1-3H3,(H2,18,19). The van der Waals surface area contributed by atoms with E-state index in [0.29, 0.717) is 17.5 Å². The molecule has 6 heteroatoms. The average Bonchev–Trinajstić information content (AvgIpc) is 2.86. The molecule has 1 unspecified atom stereocenters. The lowest BCUT2D eigenvalue weighted by Crippen LogP contribution is -2.26. The Labute approximate surface area is 140 Å². The summed E-state index contributed by atoms with van der Waals surface area (Å²) in [7, 11) is 0. The summed E-state index contributed by atoms with van der Waals surface area (Å²) in [6.45, 7) is 6.16. The van der Waals surface area contributed by atoms with Crippen molar-refractivity contribution in [1.29, 1.82) is 0 Å². The van der Waals surface area contributed by atoms with E-state index in [1.54, 1.807) is 6.92 Å². The van der Waals surface area contributed by atoms with Gasteiger partial charge < -0.3 is 15.2 Å². The Hall–Kier alpha value is -2.08. The Kier molecular flexibility index (Phi) is 5.98. The Balaban J connectivity index is 1.97. The van der Waals surface area contributed by atoms with E-state index in [4.69, 9.17) is 15.2 Å². The third kappa shape index (κ3) is 4.69. The van der Waals surface area contributed by atoms with Crippen LogP contribution >= 0.6 is 11.3 Å². The summed E-state index contributed by atoms with van der Waals surface area (Å²) in [5, 5.41) is 0.557. The fraction of sp³-hybridized carbons (Fsp3) is 0.412. The van der Waals surface area contributed by atoms with Gasteiger partial charge in [0.05, 0.1) is 12.3 Å². The maximum absolute atomic E-state index is 11.8. The van der Waals surface area contributed by atoms with Crippen molar-refractivity contribution in [2.24, 2.45) is 0 Å². The molecule has 1 aromatic heterocycles. The number of nitrogen functional groups attached to an aromatic ring is 1. The van der Waals surface area contributed by atoms with Crippen LogP contribution in [0.15, 0.2) is 24.3 Å². The van der Waals surface area contributed by atoms with Crippen LogP contribution in [0.5, 0.6) is 5.75 Å². The highest BCUT2D eigenvalue weighted by Crippen LogP contribution is 2.29. The second-order valence-corrected chi connectivity index (χ2v) is 6.50. The lowest BCUT2D eigenvalue weighted by atomic mass is 10.1. The monoisotopic (exact) mass is 334 g/mol. The van der Waals surface area contributed by atoms with Crippen LogP contribution in [0, 0.1) is 6.92 Å². The molecule has 1 heterocycles. The highest BCUT2D eigenvalue weighted by atomic mass is 32.1. The van der Waals surface area contributed by atoms with Gasteiger partial charge in [0, 0.05) is 10.4 Å². The zero-order valence-corrected chi connectivity index (χ0v) is 14.5. The Morgan fingerprint density at radius 3 is 2.61 bits per heavy atom. The van der Waals surface area contributed by atoms with E-state index < -0.39 is 6.10 Å². The van der Waals surface area contributed by atoms with Crippen molar-refractivity contribution < 1.29 is 14.3 Å². The number of thiazole rings is 1. The van der Waals surface area contributed by atoms with Crippen molar-refractivity contribution >= 4 is 22.4 Å². The molecule has 2 N–H and O–H groups in total. The van der Waals surface area contributed by atoms with Gasteiger partial charge in [-0.15, -0.1) is 11.3 Å². The minimum Gasteiger partial charge on any atom is -0.479 e. The fourth-order valence-corrected chi connectivity index (χ4v) is 2.77. The molecule has 1 atom stereocenters. The minimum absolute atomic E-state index is 0.342. The second kappa shape index (κ2) is 7.97. The lowest BCUT2D eigenvalue weighted by molar-refractivity contribution is -0.151. The quantitative estimate of drug-likeness (QED) is 0.615. The van der Waals surface area contributed by atoms with Gasteiger partial charge in [-0.1, -0.05) is 13.3 Å². The van der Waals surface area contributed by atoms with Gasteiger partial charge in [-0.05, 0) is 44.5 Å². The first-order valence-corrected chi connectivity index (χ1v) is 8.49. The molecule has 0 aliphatic rings. The molecule has 0 radical (unpaired) electrons. The van der Waals surface area contributed by atoms with E-state index in [1.165, 1.54) is 11.3 Å². The molecule has 0 bridgehead atoms. The highest BCUT2D eigenvalue weighted by molar-refractivity contribution is 7.15. The highest BCUT2D eigenvalue weighted by Gasteiger charge is 2.16. The van der Waals surface area contributed by atoms with E-state index in [1.807, 2.05) is 38.1 Å². The number of hydrogen-bond acceptors (Lipinski definition) is 6. The number of ether oxygens (including phenoxy) is 2. The number of rotatable bonds is 7. The first kappa shape index (κ1) is 17.3. The molecule has 124 valence electrons. The van der Waals surface area contributed by atoms with Crippen LogP contribution in [0.3, 0.4) is 0 Å². The van der Waals surface area contributed by atoms with Crippen LogP contribution in [-0.2, 0) is 9.53 Å². The fourth-order valence-electron chi connectivity index (χ4n) is 2.06. The van der Waals surface area contributed by atoms with Crippen molar-refractivity contribution in [1.82, 2.24) is 4.98 Å². The maximum atomic E-state index is 11.8. The van der Waals surface area contributed by atoms with E-state index in [9.17, 15) is 4.79 Å². The number of benzene rings is 1. The summed E-state index contributed by atoms with van der Waals surface area (Å²) in [6, 6.07) is 7.46. The number of aryl methyl sites for hydroxylation is 1. The Morgan fingerprint density at radius 1 is 1.35 bits per heavy atom. The van der Waals surface area contributed by atoms with Gasteiger partial charge in [-0.2, -0.15) is 0 Å². The molecule has 23 heavy (non-hydrogen) atoms. The molecular formula is C17H22N2O3S. The number of carbonyl (C=O) groups excluding carboxylic acids is 1. The van der Waals surface area contributed by atoms with E-state index >= 15 is 0 Å². The van der Waals surface area contributed by atoms with Crippen LogP contribution < -0.4 is 10.5 Å². The van der Waals surface area contributed by atoms with Gasteiger partial charge >= 0.3 is 5.97 Å². The third-order valence-corrected chi connectivity index (χ3v) is 4.13. The van der Waals surface area contributed by atoms with Crippen molar-refractivity contribution in [3.05, 3.63) is 29.1 Å². The predicted molar refractivity (Wildman–Crippen MR) is 92.7 cm³/mol. The van der Waals surface area contributed by atoms with Gasteiger partial charge in [0.1, 0.15) is 5.75 Å². The van der Waals surface area contributed by atoms with Gasteiger partial charge in [0.2, 0.25) is 0 Å². The summed E-state index contributed by atoms with van der Waals surface area (Å²) >= 11 is 1.47. The molecule has 2 rings (SSSR count). The first-order chi connectivity index (χ1) is 11.0. The SMILES string of the molecule is CCCCOC(=O)C(C)Oc1ccc(-c2nc(N)sc2C)cc1. The van der Waals surface area contributed by atoms with Crippen LogP contribution in [0.4, 0.5) is 5.13 Å². The normalized spacial score (nSPS) is 12.0. The van der Waals surface area contributed by atoms with Gasteiger partial charge in [0.15, 0.2) is 11.2 Å². The predicted octanol–water partition coefficient (Wildman–Crippen LogP) is 3.81. The third-order valence-electron chi connectivity index (χ3n) is 3.33. The largest absolute Gasteiger partial charge is 0.479 e. The van der Waals surface area contributed by atoms with Crippen molar-refractivity contribution in [2.45, 2.75) is 39.7 Å².